The van der Waals surface area contributed by atoms with Gasteiger partial charge in [0.05, 0.1) is 18.2 Å². The van der Waals surface area contributed by atoms with Crippen LogP contribution in [-0.4, -0.2) is 56.9 Å². The van der Waals surface area contributed by atoms with E-state index in [0.29, 0.717) is 42.8 Å². The van der Waals surface area contributed by atoms with Gasteiger partial charge in [0.25, 0.3) is 0 Å². The fourth-order valence-corrected chi connectivity index (χ4v) is 4.35. The lowest BCUT2D eigenvalue weighted by atomic mass is 9.97. The minimum atomic E-state index is -0.505. The van der Waals surface area contributed by atoms with E-state index in [9.17, 15) is 9.59 Å². The van der Waals surface area contributed by atoms with E-state index in [4.69, 9.17) is 18.9 Å². The van der Waals surface area contributed by atoms with Gasteiger partial charge in [0.15, 0.2) is 0 Å². The summed E-state index contributed by atoms with van der Waals surface area (Å²) >= 11 is 0. The van der Waals surface area contributed by atoms with Gasteiger partial charge in [0.2, 0.25) is 0 Å². The van der Waals surface area contributed by atoms with Crippen LogP contribution in [0.3, 0.4) is 0 Å². The number of piperidine rings is 1. The zero-order valence-corrected chi connectivity index (χ0v) is 22.6. The average Bonchev–Trinajstić information content (AvgIpc) is 2.98. The van der Waals surface area contributed by atoms with Crippen LogP contribution in [0, 0.1) is 5.92 Å². The number of benzene rings is 3. The van der Waals surface area contributed by atoms with Crippen molar-refractivity contribution in [2.75, 3.05) is 44.8 Å². The Hall–Kier alpha value is -4.04. The second-order valence-corrected chi connectivity index (χ2v) is 9.39. The predicted molar refractivity (Wildman–Crippen MR) is 149 cm³/mol. The van der Waals surface area contributed by atoms with Crippen LogP contribution in [0.1, 0.15) is 25.3 Å². The van der Waals surface area contributed by atoms with Gasteiger partial charge < -0.3 is 18.9 Å². The number of hydrogen-bond donors (Lipinski definition) is 0. The van der Waals surface area contributed by atoms with E-state index in [2.05, 4.69) is 4.90 Å². The molecule has 0 unspecified atom stereocenters. The largest absolute Gasteiger partial charge is 0.492 e. The van der Waals surface area contributed by atoms with Crippen molar-refractivity contribution in [1.29, 1.82) is 0 Å². The molecule has 8 heteroatoms. The lowest BCUT2D eigenvalue weighted by Crippen LogP contribution is -2.39. The van der Waals surface area contributed by atoms with E-state index in [1.807, 2.05) is 55.5 Å². The first-order chi connectivity index (χ1) is 19.0. The maximum atomic E-state index is 12.7. The molecule has 0 spiro atoms. The first kappa shape index (κ1) is 28.0. The van der Waals surface area contributed by atoms with Crippen molar-refractivity contribution in [3.05, 3.63) is 84.4 Å². The summed E-state index contributed by atoms with van der Waals surface area (Å²) in [4.78, 5) is 28.4. The number of likely N-dealkylation sites (tertiary alicyclic amines) is 1. The third kappa shape index (κ3) is 8.48. The average molecular weight is 533 g/mol. The summed E-state index contributed by atoms with van der Waals surface area (Å²) in [6.07, 6.45) is 1.13. The number of amides is 1. The van der Waals surface area contributed by atoms with Gasteiger partial charge in [0.1, 0.15) is 30.5 Å². The Morgan fingerprint density at radius 2 is 1.59 bits per heavy atom. The minimum Gasteiger partial charge on any atom is -0.492 e. The molecular formula is C31H36N2O6. The molecule has 1 aliphatic heterocycles. The van der Waals surface area contributed by atoms with Crippen molar-refractivity contribution >= 4 is 17.7 Å². The Morgan fingerprint density at radius 3 is 2.31 bits per heavy atom. The standard InChI is InChI=1S/C31H36N2O6/c1-3-36-30(34)25-16-18-33(19-17-25)20-21-37-27-12-14-28(15-13-27)39-31(35)32(2)26-10-7-11-29(22-26)38-23-24-8-5-4-6-9-24/h4-15,22,25H,3,16-21,23H2,1-2H3. The molecule has 1 heterocycles. The smallest absolute Gasteiger partial charge is 0.419 e. The fraction of sp³-hybridized carbons (Fsp3) is 0.355. The van der Waals surface area contributed by atoms with Crippen LogP contribution in [0.25, 0.3) is 0 Å². The van der Waals surface area contributed by atoms with Gasteiger partial charge in [-0.2, -0.15) is 0 Å². The van der Waals surface area contributed by atoms with Crippen LogP contribution in [0.4, 0.5) is 10.5 Å². The first-order valence-electron chi connectivity index (χ1n) is 13.4. The van der Waals surface area contributed by atoms with Crippen LogP contribution < -0.4 is 19.1 Å². The predicted octanol–water partition coefficient (Wildman–Crippen LogP) is 5.55. The van der Waals surface area contributed by atoms with Crippen LogP contribution in [0.5, 0.6) is 17.2 Å². The van der Waals surface area contributed by atoms with Gasteiger partial charge >= 0.3 is 12.1 Å². The summed E-state index contributed by atoms with van der Waals surface area (Å²) in [6.45, 7) is 5.75. The highest BCUT2D eigenvalue weighted by atomic mass is 16.6. The SMILES string of the molecule is CCOC(=O)C1CCN(CCOc2ccc(OC(=O)N(C)c3cccc(OCc4ccccc4)c3)cc2)CC1. The monoisotopic (exact) mass is 532 g/mol. The molecule has 0 bridgehead atoms. The van der Waals surface area contributed by atoms with E-state index >= 15 is 0 Å². The molecule has 1 saturated heterocycles. The Bertz CT molecular complexity index is 1190. The number of carbonyl (C=O) groups excluding carboxylic acids is 2. The summed E-state index contributed by atoms with van der Waals surface area (Å²) in [5.41, 5.74) is 1.73. The molecule has 206 valence electrons. The maximum absolute atomic E-state index is 12.7. The Morgan fingerprint density at radius 1 is 0.872 bits per heavy atom. The highest BCUT2D eigenvalue weighted by molar-refractivity contribution is 5.88. The molecule has 1 aliphatic rings. The summed E-state index contributed by atoms with van der Waals surface area (Å²) in [5.74, 6) is 1.72. The van der Waals surface area contributed by atoms with E-state index in [1.165, 1.54) is 4.90 Å². The van der Waals surface area contributed by atoms with Crippen molar-refractivity contribution in [3.63, 3.8) is 0 Å². The van der Waals surface area contributed by atoms with E-state index in [-0.39, 0.29) is 11.9 Å². The van der Waals surface area contributed by atoms with Gasteiger partial charge in [-0.1, -0.05) is 36.4 Å². The van der Waals surface area contributed by atoms with E-state index < -0.39 is 6.09 Å². The molecule has 1 fully saturated rings. The highest BCUT2D eigenvalue weighted by Crippen LogP contribution is 2.24. The molecule has 0 aromatic heterocycles. The van der Waals surface area contributed by atoms with Gasteiger partial charge in [-0.3, -0.25) is 14.6 Å². The first-order valence-corrected chi connectivity index (χ1v) is 13.4. The molecule has 1 amide bonds. The topological polar surface area (TPSA) is 77.5 Å². The van der Waals surface area contributed by atoms with E-state index in [1.54, 1.807) is 37.4 Å². The zero-order chi connectivity index (χ0) is 27.5. The van der Waals surface area contributed by atoms with Crippen molar-refractivity contribution in [2.24, 2.45) is 5.92 Å². The number of carbonyl (C=O) groups is 2. The maximum Gasteiger partial charge on any atom is 0.419 e. The molecule has 0 saturated carbocycles. The van der Waals surface area contributed by atoms with Gasteiger partial charge in [-0.15, -0.1) is 0 Å². The van der Waals surface area contributed by atoms with Crippen molar-refractivity contribution < 1.29 is 28.5 Å². The summed E-state index contributed by atoms with van der Waals surface area (Å²) in [6, 6.07) is 24.2. The Kier molecular flexibility index (Phi) is 10.2. The van der Waals surface area contributed by atoms with E-state index in [0.717, 1.165) is 38.0 Å². The summed E-state index contributed by atoms with van der Waals surface area (Å²) < 4.78 is 22.4. The second kappa shape index (κ2) is 14.2. The van der Waals surface area contributed by atoms with Gasteiger partial charge in [-0.05, 0) is 74.8 Å². The third-order valence-corrected chi connectivity index (χ3v) is 6.64. The summed E-state index contributed by atoms with van der Waals surface area (Å²) in [5, 5.41) is 0. The zero-order valence-electron chi connectivity index (χ0n) is 22.6. The fourth-order valence-electron chi connectivity index (χ4n) is 4.35. The third-order valence-electron chi connectivity index (χ3n) is 6.64. The van der Waals surface area contributed by atoms with Crippen LogP contribution in [0.15, 0.2) is 78.9 Å². The van der Waals surface area contributed by atoms with Crippen LogP contribution in [0.2, 0.25) is 0 Å². The lowest BCUT2D eigenvalue weighted by Gasteiger charge is -2.30. The number of esters is 1. The van der Waals surface area contributed by atoms with Crippen LogP contribution >= 0.6 is 0 Å². The number of ether oxygens (including phenoxy) is 4. The highest BCUT2D eigenvalue weighted by Gasteiger charge is 2.25. The number of rotatable bonds is 11. The second-order valence-electron chi connectivity index (χ2n) is 9.39. The molecule has 3 aromatic carbocycles. The molecule has 0 atom stereocenters. The molecule has 0 N–H and O–H groups in total. The van der Waals surface area contributed by atoms with Gasteiger partial charge in [0, 0.05) is 19.7 Å². The van der Waals surface area contributed by atoms with Crippen molar-refractivity contribution in [1.82, 2.24) is 4.90 Å². The lowest BCUT2D eigenvalue weighted by molar-refractivity contribution is -0.149. The Labute approximate surface area is 230 Å². The molecule has 0 aliphatic carbocycles. The van der Waals surface area contributed by atoms with Crippen LogP contribution in [-0.2, 0) is 16.1 Å². The summed E-state index contributed by atoms with van der Waals surface area (Å²) in [7, 11) is 1.66. The molecule has 4 rings (SSSR count). The number of anilines is 1. The number of nitrogens with zero attached hydrogens (tertiary/aromatic N) is 2. The molecule has 0 radical (unpaired) electrons. The normalized spacial score (nSPS) is 13.9. The molecule has 8 nitrogen and oxygen atoms in total. The molecular weight excluding hydrogens is 496 g/mol. The number of hydrogen-bond acceptors (Lipinski definition) is 7. The quantitative estimate of drug-likeness (QED) is 0.300. The van der Waals surface area contributed by atoms with Crippen molar-refractivity contribution in [2.45, 2.75) is 26.4 Å². The molecule has 3 aromatic rings. The Balaban J connectivity index is 1.19. The van der Waals surface area contributed by atoms with Gasteiger partial charge in [-0.25, -0.2) is 4.79 Å². The van der Waals surface area contributed by atoms with Crippen molar-refractivity contribution in [3.8, 4) is 17.2 Å². The molecule has 39 heavy (non-hydrogen) atoms. The minimum absolute atomic E-state index is 0.00771.